The van der Waals surface area contributed by atoms with Crippen molar-refractivity contribution in [3.8, 4) is 22.8 Å². The smallest absolute Gasteiger partial charge is 0.222 e. The Morgan fingerprint density at radius 2 is 1.26 bits per heavy atom. The lowest BCUT2D eigenvalue weighted by Gasteiger charge is -2.17. The maximum absolute atomic E-state index is 8.49. The molecule has 1 heterocycles. The van der Waals surface area contributed by atoms with Gasteiger partial charge in [-0.25, -0.2) is 18.6 Å². The molecule has 3 aromatic carbocycles. The minimum Gasteiger partial charge on any atom is -0.222 e. The van der Waals surface area contributed by atoms with Crippen LogP contribution in [0.3, 0.4) is 0 Å². The molecule has 0 spiro atoms. The number of hydrogen-bond acceptors (Lipinski definition) is 5. The van der Waals surface area contributed by atoms with Crippen molar-refractivity contribution < 1.29 is 33.4 Å². The average molecular weight is 440 g/mol. The SMILES string of the molecule is Cc1cc(C)c(-[n+]2cn(-c3ccccc3)nc2-c2ccccc2)c(C)c1.[O-][Cl+3]([O-])([O-])[O-]. The zero-order valence-corrected chi connectivity index (χ0v) is 18.1. The van der Waals surface area contributed by atoms with Crippen LogP contribution in [0.1, 0.15) is 16.7 Å². The molecule has 4 aromatic rings. The van der Waals surface area contributed by atoms with Crippen molar-refractivity contribution in [2.24, 2.45) is 0 Å². The lowest BCUT2D eigenvalue weighted by molar-refractivity contribution is -2.00. The third-order valence-electron chi connectivity index (χ3n) is 4.58. The van der Waals surface area contributed by atoms with E-state index in [-0.39, 0.29) is 0 Å². The number of aryl methyl sites for hydroxylation is 3. The predicted molar refractivity (Wildman–Crippen MR) is 105 cm³/mol. The summed E-state index contributed by atoms with van der Waals surface area (Å²) in [4.78, 5) is 0. The van der Waals surface area contributed by atoms with Crippen molar-refractivity contribution >= 4 is 0 Å². The van der Waals surface area contributed by atoms with Crippen LogP contribution in [0, 0.1) is 31.0 Å². The zero-order valence-electron chi connectivity index (χ0n) is 17.4. The molecule has 1 aromatic heterocycles. The van der Waals surface area contributed by atoms with E-state index in [1.807, 2.05) is 28.9 Å². The van der Waals surface area contributed by atoms with E-state index in [0.29, 0.717) is 0 Å². The number of aromatic nitrogens is 3. The third-order valence-corrected chi connectivity index (χ3v) is 4.58. The van der Waals surface area contributed by atoms with Gasteiger partial charge in [0.1, 0.15) is 11.4 Å². The second-order valence-electron chi connectivity index (χ2n) is 7.08. The van der Waals surface area contributed by atoms with Gasteiger partial charge in [0, 0.05) is 0 Å². The zero-order chi connectivity index (χ0) is 22.6. The molecule has 0 saturated carbocycles. The number of para-hydroxylation sites is 1. The fourth-order valence-electron chi connectivity index (χ4n) is 3.55. The summed E-state index contributed by atoms with van der Waals surface area (Å²) in [6.07, 6.45) is 2.07. The normalized spacial score (nSPS) is 11.1. The van der Waals surface area contributed by atoms with Crippen LogP contribution in [0.2, 0.25) is 0 Å². The van der Waals surface area contributed by atoms with Gasteiger partial charge >= 0.3 is 5.82 Å². The Bertz CT molecular complexity index is 1130. The van der Waals surface area contributed by atoms with Crippen molar-refractivity contribution in [2.75, 3.05) is 0 Å². The van der Waals surface area contributed by atoms with E-state index in [2.05, 4.69) is 80.2 Å². The van der Waals surface area contributed by atoms with Gasteiger partial charge in [0.15, 0.2) is 0 Å². The second kappa shape index (κ2) is 9.38. The summed E-state index contributed by atoms with van der Waals surface area (Å²) in [5, 5.41) is 4.91. The molecule has 0 amide bonds. The van der Waals surface area contributed by atoms with Gasteiger partial charge in [0.25, 0.3) is 0 Å². The molecule has 0 fully saturated rings. The molecule has 0 aliphatic heterocycles. The molecule has 0 aliphatic carbocycles. The van der Waals surface area contributed by atoms with E-state index in [9.17, 15) is 0 Å². The Kier molecular flexibility index (Phi) is 6.84. The molecule has 7 nitrogen and oxygen atoms in total. The van der Waals surface area contributed by atoms with E-state index < -0.39 is 10.2 Å². The molecule has 0 bridgehead atoms. The summed E-state index contributed by atoms with van der Waals surface area (Å²) >= 11 is 0. The first-order valence-electron chi connectivity index (χ1n) is 9.45. The van der Waals surface area contributed by atoms with Crippen molar-refractivity contribution in [1.29, 1.82) is 0 Å². The summed E-state index contributed by atoms with van der Waals surface area (Å²) < 4.78 is 38.1. The third kappa shape index (κ3) is 5.97. The Labute approximate surface area is 182 Å². The van der Waals surface area contributed by atoms with E-state index in [4.69, 9.17) is 23.7 Å². The highest BCUT2D eigenvalue weighted by Crippen LogP contribution is 2.21. The van der Waals surface area contributed by atoms with E-state index in [0.717, 1.165) is 17.1 Å². The van der Waals surface area contributed by atoms with Crippen molar-refractivity contribution in [1.82, 2.24) is 9.78 Å². The molecule has 8 heteroatoms. The predicted octanol–water partition coefficient (Wildman–Crippen LogP) is -0.0147. The van der Waals surface area contributed by atoms with Gasteiger partial charge in [-0.1, -0.05) is 58.8 Å². The van der Waals surface area contributed by atoms with Crippen LogP contribution < -0.4 is 23.2 Å². The van der Waals surface area contributed by atoms with Gasteiger partial charge in [-0.15, -0.1) is 10.2 Å². The quantitative estimate of drug-likeness (QED) is 0.416. The van der Waals surface area contributed by atoms with Gasteiger partial charge in [-0.2, -0.15) is 4.57 Å². The van der Waals surface area contributed by atoms with E-state index >= 15 is 0 Å². The lowest BCUT2D eigenvalue weighted by Crippen LogP contribution is -2.68. The number of halogens is 1. The maximum atomic E-state index is 8.49. The number of hydrogen-bond donors (Lipinski definition) is 0. The van der Waals surface area contributed by atoms with Crippen molar-refractivity contribution in [3.63, 3.8) is 0 Å². The van der Waals surface area contributed by atoms with Gasteiger partial charge in [0.2, 0.25) is 6.33 Å². The van der Waals surface area contributed by atoms with E-state index in [1.165, 1.54) is 22.4 Å². The van der Waals surface area contributed by atoms with Crippen LogP contribution in [0.25, 0.3) is 22.8 Å². The van der Waals surface area contributed by atoms with Crippen LogP contribution in [-0.2, 0) is 0 Å². The first-order chi connectivity index (χ1) is 14.6. The van der Waals surface area contributed by atoms with Gasteiger partial charge in [-0.05, 0) is 56.2 Å². The largest absolute Gasteiger partial charge is 0.314 e. The van der Waals surface area contributed by atoms with Crippen LogP contribution >= 0.6 is 0 Å². The molecular weight excluding hydrogens is 418 g/mol. The fourth-order valence-corrected chi connectivity index (χ4v) is 3.55. The summed E-state index contributed by atoms with van der Waals surface area (Å²) in [6, 6.07) is 25.0. The van der Waals surface area contributed by atoms with E-state index in [1.54, 1.807) is 0 Å². The summed E-state index contributed by atoms with van der Waals surface area (Å²) in [5.74, 6) is 0.935. The highest BCUT2D eigenvalue weighted by atomic mass is 35.7. The number of benzene rings is 3. The molecule has 31 heavy (non-hydrogen) atoms. The molecule has 0 N–H and O–H groups in total. The standard InChI is InChI=1S/C23H22N3.ClHO4/c1-17-14-18(2)22(19(3)15-17)25-16-26(21-12-8-5-9-13-21)24-23(25)20-10-6-4-7-11-20;2-1(3,4)5/h4-16H,1-3H3;(H,2,3,4,5)/q+1;/p-1. The molecule has 0 atom stereocenters. The summed E-state index contributed by atoms with van der Waals surface area (Å²) in [5.41, 5.74) is 7.11. The number of nitrogens with zero attached hydrogens (tertiary/aromatic N) is 3. The Morgan fingerprint density at radius 3 is 1.77 bits per heavy atom. The molecule has 0 aliphatic rings. The highest BCUT2D eigenvalue weighted by molar-refractivity contribution is 5.54. The van der Waals surface area contributed by atoms with Gasteiger partial charge in [0.05, 0.1) is 10.7 Å². The van der Waals surface area contributed by atoms with Crippen molar-refractivity contribution in [3.05, 3.63) is 95.8 Å². The van der Waals surface area contributed by atoms with Crippen LogP contribution in [0.15, 0.2) is 79.1 Å². The molecule has 0 saturated heterocycles. The van der Waals surface area contributed by atoms with Gasteiger partial charge < -0.3 is 0 Å². The lowest BCUT2D eigenvalue weighted by atomic mass is 10.0. The summed E-state index contributed by atoms with van der Waals surface area (Å²) in [6.45, 7) is 6.47. The minimum absolute atomic E-state index is 0.935. The molecule has 0 radical (unpaired) electrons. The maximum Gasteiger partial charge on any atom is 0.314 e. The summed E-state index contributed by atoms with van der Waals surface area (Å²) in [7, 11) is -4.94. The molecule has 0 unspecified atom stereocenters. The molecule has 160 valence electrons. The molecular formula is C23H22ClN3O4. The molecule has 4 rings (SSSR count). The first-order valence-corrected chi connectivity index (χ1v) is 10.7. The highest BCUT2D eigenvalue weighted by Gasteiger charge is 2.23. The van der Waals surface area contributed by atoms with Crippen LogP contribution in [0.4, 0.5) is 0 Å². The Hall–Kier alpha value is -3.07. The number of rotatable bonds is 3. The van der Waals surface area contributed by atoms with Gasteiger partial charge in [-0.3, -0.25) is 0 Å². The Balaban J connectivity index is 0.000000491. The Morgan fingerprint density at radius 1 is 0.774 bits per heavy atom. The second-order valence-corrected chi connectivity index (χ2v) is 7.84. The monoisotopic (exact) mass is 439 g/mol. The van der Waals surface area contributed by atoms with Crippen LogP contribution in [0.5, 0.6) is 0 Å². The van der Waals surface area contributed by atoms with Crippen LogP contribution in [-0.4, -0.2) is 9.78 Å². The topological polar surface area (TPSA) is 114 Å². The van der Waals surface area contributed by atoms with Crippen molar-refractivity contribution in [2.45, 2.75) is 20.8 Å². The average Bonchev–Trinajstić information content (AvgIpc) is 3.12. The first kappa shape index (κ1) is 22.6. The minimum atomic E-state index is -4.94. The fraction of sp³-hybridized carbons (Fsp3) is 0.130.